The number of benzene rings is 3. The number of hydrogen-bond acceptors (Lipinski definition) is 24. The van der Waals surface area contributed by atoms with Crippen LogP contribution >= 0.6 is 11.6 Å². The highest BCUT2D eigenvalue weighted by Crippen LogP contribution is 2.31. The molecule has 6 amide bonds. The Morgan fingerprint density at radius 2 is 0.946 bits per heavy atom. The number of aryl methyl sites for hydroxylation is 1. The number of anilines is 12. The zero-order valence-electron chi connectivity index (χ0n) is 50.8. The van der Waals surface area contributed by atoms with E-state index in [0.717, 1.165) is 123 Å². The van der Waals surface area contributed by atoms with Crippen LogP contribution in [0.5, 0.6) is 0 Å². The molecule has 15 N–H and O–H groups in total. The smallest absolute Gasteiger partial charge is 0.320 e. The first-order valence-corrected chi connectivity index (χ1v) is 30.5. The van der Waals surface area contributed by atoms with Crippen molar-refractivity contribution in [3.8, 4) is 0 Å². The Labute approximate surface area is 538 Å². The molecule has 0 saturated carbocycles. The molecule has 0 radical (unpaired) electrons. The van der Waals surface area contributed by atoms with Crippen molar-refractivity contribution < 1.29 is 34.1 Å². The minimum absolute atomic E-state index is 0.0463. The van der Waals surface area contributed by atoms with Crippen molar-refractivity contribution in [2.24, 2.45) is 0 Å². The maximum atomic E-state index is 14.2. The molecule has 9 aromatic rings. The SMILES string of the molecule is Cc1cc(NC(=O)NCCO)nc2nc(Nc3ccc(N4CCNCC4)cc3)ncc12.O=C(NCCO)Nc1ccc2cnc(Nc3ccc(N4CCNCC4)c(Cl)c3)nc2n1.O=C(NCCO)Nc1nc2nc(Nc3ccc(N4CCNCC4)cc3)ncc2cc1F. The third kappa shape index (κ3) is 18.7. The van der Waals surface area contributed by atoms with Gasteiger partial charge in [-0.2, -0.15) is 15.0 Å². The van der Waals surface area contributed by atoms with Crippen LogP contribution in [0.4, 0.5) is 88.2 Å². The molecule has 3 aliphatic rings. The number of halogens is 2. The van der Waals surface area contributed by atoms with Crippen LogP contribution in [0.1, 0.15) is 5.56 Å². The maximum Gasteiger partial charge on any atom is 0.320 e. The molecule has 0 spiro atoms. The Kier molecular flexibility index (Phi) is 23.0. The molecule has 30 nitrogen and oxygen atoms in total. The summed E-state index contributed by atoms with van der Waals surface area (Å²) in [5, 5.41) is 63.4. The zero-order chi connectivity index (χ0) is 64.9. The first kappa shape index (κ1) is 65.7. The Morgan fingerprint density at radius 3 is 1.48 bits per heavy atom. The summed E-state index contributed by atoms with van der Waals surface area (Å²) in [5.41, 5.74) is 7.84. The van der Waals surface area contributed by atoms with E-state index in [1.54, 1.807) is 30.6 Å². The van der Waals surface area contributed by atoms with Gasteiger partial charge in [-0.1, -0.05) is 11.6 Å². The van der Waals surface area contributed by atoms with Crippen LogP contribution < -0.4 is 78.5 Å². The van der Waals surface area contributed by atoms with Crippen LogP contribution in [0, 0.1) is 12.7 Å². The number of urea groups is 3. The van der Waals surface area contributed by atoms with Gasteiger partial charge in [0.25, 0.3) is 0 Å². The van der Waals surface area contributed by atoms with E-state index in [1.807, 2.05) is 61.5 Å². The highest BCUT2D eigenvalue weighted by Gasteiger charge is 2.18. The van der Waals surface area contributed by atoms with Gasteiger partial charge in [-0.3, -0.25) is 16.0 Å². The molecule has 3 fully saturated rings. The first-order valence-electron chi connectivity index (χ1n) is 30.1. The molecule has 0 unspecified atom stereocenters. The fraction of sp³-hybridized carbons (Fsp3) is 0.311. The topological polar surface area (TPSA) is 382 Å². The highest BCUT2D eigenvalue weighted by molar-refractivity contribution is 6.33. The molecular weight excluding hydrogens is 1220 g/mol. The summed E-state index contributed by atoms with van der Waals surface area (Å²) in [7, 11) is 0. The third-order valence-corrected chi connectivity index (χ3v) is 14.8. The summed E-state index contributed by atoms with van der Waals surface area (Å²) in [6.07, 6.45) is 4.84. The number of carbonyl (C=O) groups excluding carboxylic acids is 3. The summed E-state index contributed by atoms with van der Waals surface area (Å²) in [6, 6.07) is 26.8. The fourth-order valence-corrected chi connectivity index (χ4v) is 10.2. The minimum Gasteiger partial charge on any atom is -0.395 e. The van der Waals surface area contributed by atoms with Crippen molar-refractivity contribution in [2.75, 3.05) is 165 Å². The molecule has 486 valence electrons. The lowest BCUT2D eigenvalue weighted by molar-refractivity contribution is 0.244. The van der Waals surface area contributed by atoms with Crippen molar-refractivity contribution >= 4 is 132 Å². The number of hydrogen-bond donors (Lipinski definition) is 15. The molecule has 6 aromatic heterocycles. The predicted octanol–water partition coefficient (Wildman–Crippen LogP) is 4.98. The monoisotopic (exact) mass is 1290 g/mol. The van der Waals surface area contributed by atoms with E-state index in [9.17, 15) is 18.8 Å². The van der Waals surface area contributed by atoms with Crippen LogP contribution in [-0.2, 0) is 0 Å². The number of aromatic nitrogens is 9. The van der Waals surface area contributed by atoms with Gasteiger partial charge in [-0.05, 0) is 103 Å². The van der Waals surface area contributed by atoms with Gasteiger partial charge in [-0.25, -0.2) is 48.7 Å². The number of carbonyl (C=O) groups is 3. The van der Waals surface area contributed by atoms with Gasteiger partial charge in [-0.15, -0.1) is 0 Å². The van der Waals surface area contributed by atoms with Crippen molar-refractivity contribution in [2.45, 2.75) is 6.92 Å². The van der Waals surface area contributed by atoms with Crippen LogP contribution in [0.3, 0.4) is 0 Å². The van der Waals surface area contributed by atoms with Crippen LogP contribution in [0.25, 0.3) is 33.1 Å². The molecule has 0 aliphatic carbocycles. The normalized spacial score (nSPS) is 13.8. The maximum absolute atomic E-state index is 14.2. The molecule has 9 heterocycles. The summed E-state index contributed by atoms with van der Waals surface area (Å²) < 4.78 is 14.2. The number of aliphatic hydroxyl groups is 3. The lowest BCUT2D eigenvalue weighted by Crippen LogP contribution is -2.43. The predicted molar refractivity (Wildman–Crippen MR) is 358 cm³/mol. The largest absolute Gasteiger partial charge is 0.395 e. The summed E-state index contributed by atoms with van der Waals surface area (Å²) in [5.74, 6) is 0.857. The number of fused-ring (bicyclic) bond motifs is 3. The van der Waals surface area contributed by atoms with Gasteiger partial charge in [0, 0.05) is 161 Å². The Bertz CT molecular complexity index is 4000. The second-order valence-corrected chi connectivity index (χ2v) is 21.6. The Hall–Kier alpha value is -10.3. The molecule has 0 bridgehead atoms. The van der Waals surface area contributed by atoms with Gasteiger partial charge in [0.05, 0.1) is 30.5 Å². The molecule has 12 rings (SSSR count). The number of rotatable bonds is 18. The van der Waals surface area contributed by atoms with Crippen molar-refractivity contribution in [3.05, 3.63) is 126 Å². The second kappa shape index (κ2) is 32.6. The quantitative estimate of drug-likeness (QED) is 0.0539. The molecule has 0 atom stereocenters. The van der Waals surface area contributed by atoms with Crippen molar-refractivity contribution in [3.63, 3.8) is 0 Å². The van der Waals surface area contributed by atoms with E-state index in [-0.39, 0.29) is 50.9 Å². The Morgan fingerprint density at radius 1 is 0.495 bits per heavy atom. The third-order valence-electron chi connectivity index (χ3n) is 14.5. The minimum atomic E-state index is -0.709. The number of amides is 6. The molecule has 3 saturated heterocycles. The number of piperazine rings is 3. The van der Waals surface area contributed by atoms with E-state index in [4.69, 9.17) is 26.9 Å². The molecule has 3 aliphatic heterocycles. The van der Waals surface area contributed by atoms with Crippen molar-refractivity contribution in [1.82, 2.24) is 76.8 Å². The zero-order valence-corrected chi connectivity index (χ0v) is 51.6. The molecule has 3 aromatic carbocycles. The number of nitrogens with zero attached hydrogens (tertiary/aromatic N) is 12. The summed E-state index contributed by atoms with van der Waals surface area (Å²) in [6.45, 7) is 13.4. The van der Waals surface area contributed by atoms with E-state index in [2.05, 4.69) is 135 Å². The van der Waals surface area contributed by atoms with Gasteiger partial charge < -0.3 is 77.9 Å². The van der Waals surface area contributed by atoms with Crippen molar-refractivity contribution in [1.29, 1.82) is 0 Å². The highest BCUT2D eigenvalue weighted by atomic mass is 35.5. The molecule has 93 heavy (non-hydrogen) atoms. The molecule has 32 heteroatoms. The molecular formula is C61H72ClFN24O6. The number of pyridine rings is 3. The van der Waals surface area contributed by atoms with E-state index in [0.29, 0.717) is 51.2 Å². The van der Waals surface area contributed by atoms with Gasteiger partial charge >= 0.3 is 18.1 Å². The lowest BCUT2D eigenvalue weighted by atomic mass is 10.2. The average Bonchev–Trinajstić information content (AvgIpc) is 0.924. The van der Waals surface area contributed by atoms with E-state index in [1.165, 1.54) is 18.0 Å². The standard InChI is InChI=1S/C21H26N8O2.C20H23ClN8O2.C20H23FN8O2/c1-14-12-18(27-21(31)23-8-11-30)26-19-17(14)13-24-20(28-19)25-15-2-4-16(5-3-15)29-9-6-22-7-10-29;21-15-11-14(2-3-16(15)29-8-5-22-6-9-29)25-19-24-12-13-1-4-17(26-18(13)28-19)27-20(31)23-7-10-30;21-16-11-13-12-24-19(27-17(13)26-18(16)28-20(31)23-7-10-30)25-14-1-3-15(4-2-14)29-8-5-22-6-9-29/h2-5,12-13,22,30H,6-11H2,1H3,(H3,23,24,25,26,27,28,31);2*1-4,11-12,22,30H,5-10H2,(H3,23,24,25,26,27,28,31). The van der Waals surface area contributed by atoms with E-state index < -0.39 is 23.9 Å². The van der Waals surface area contributed by atoms with E-state index >= 15 is 0 Å². The van der Waals surface area contributed by atoms with Gasteiger partial charge in [0.1, 0.15) is 11.6 Å². The van der Waals surface area contributed by atoms with Gasteiger partial charge in [0.15, 0.2) is 28.6 Å². The number of nitrogens with one attached hydrogen (secondary N) is 12. The van der Waals surface area contributed by atoms with Crippen LogP contribution in [0.15, 0.2) is 110 Å². The summed E-state index contributed by atoms with van der Waals surface area (Å²) >= 11 is 6.51. The second-order valence-electron chi connectivity index (χ2n) is 21.1. The fourth-order valence-electron chi connectivity index (χ4n) is 9.89. The number of aliphatic hydroxyl groups excluding tert-OH is 3. The first-order chi connectivity index (χ1) is 45.4. The van der Waals surface area contributed by atoms with Gasteiger partial charge in [0.2, 0.25) is 17.8 Å². The lowest BCUT2D eigenvalue weighted by Gasteiger charge is -2.30. The van der Waals surface area contributed by atoms with Crippen LogP contribution in [0.2, 0.25) is 5.02 Å². The van der Waals surface area contributed by atoms with Crippen LogP contribution in [-0.4, -0.2) is 196 Å². The summed E-state index contributed by atoms with van der Waals surface area (Å²) in [4.78, 5) is 81.3. The Balaban J connectivity index is 0.000000153. The average molecular weight is 1290 g/mol.